The fourth-order valence-electron chi connectivity index (χ4n) is 2.07. The molecule has 1 heterocycles. The minimum absolute atomic E-state index is 0.222. The Bertz CT molecular complexity index is 513. The quantitative estimate of drug-likeness (QED) is 0.870. The second kappa shape index (κ2) is 6.87. The first-order valence-corrected chi connectivity index (χ1v) is 7.12. The third kappa shape index (κ3) is 4.18. The highest BCUT2D eigenvalue weighted by Gasteiger charge is 2.10. The summed E-state index contributed by atoms with van der Waals surface area (Å²) >= 11 is 3.22. The van der Waals surface area contributed by atoms with Crippen molar-refractivity contribution >= 4 is 15.9 Å². The lowest BCUT2D eigenvalue weighted by atomic mass is 10.0. The van der Waals surface area contributed by atoms with E-state index in [0.29, 0.717) is 10.5 Å². The number of furan rings is 1. The van der Waals surface area contributed by atoms with Crippen molar-refractivity contribution in [3.8, 4) is 0 Å². The zero-order valence-electron chi connectivity index (χ0n) is 10.8. The molecule has 0 saturated heterocycles. The van der Waals surface area contributed by atoms with Gasteiger partial charge in [0.05, 0.1) is 10.7 Å². The number of aryl methyl sites for hydroxylation is 1. The van der Waals surface area contributed by atoms with E-state index in [1.807, 2.05) is 31.3 Å². The first-order chi connectivity index (χ1) is 9.19. The highest BCUT2D eigenvalue weighted by Crippen LogP contribution is 2.18. The number of benzene rings is 1. The van der Waals surface area contributed by atoms with Crippen LogP contribution >= 0.6 is 15.9 Å². The lowest BCUT2D eigenvalue weighted by Gasteiger charge is -2.15. The summed E-state index contributed by atoms with van der Waals surface area (Å²) in [6.07, 6.45) is 4.46. The molecule has 2 rings (SSSR count). The minimum atomic E-state index is -0.222. The largest absolute Gasteiger partial charge is 0.469 e. The average Bonchev–Trinajstić information content (AvgIpc) is 2.92. The predicted molar refractivity (Wildman–Crippen MR) is 77.7 cm³/mol. The molecule has 0 bridgehead atoms. The van der Waals surface area contributed by atoms with Gasteiger partial charge in [0.25, 0.3) is 0 Å². The van der Waals surface area contributed by atoms with Crippen LogP contribution in [0.1, 0.15) is 17.7 Å². The van der Waals surface area contributed by atoms with Crippen molar-refractivity contribution in [3.63, 3.8) is 0 Å². The number of hydrogen-bond acceptors (Lipinski definition) is 2. The van der Waals surface area contributed by atoms with Gasteiger partial charge in [0.1, 0.15) is 11.6 Å². The van der Waals surface area contributed by atoms with Crippen molar-refractivity contribution in [1.29, 1.82) is 0 Å². The van der Waals surface area contributed by atoms with Crippen molar-refractivity contribution in [1.82, 2.24) is 5.32 Å². The van der Waals surface area contributed by atoms with E-state index in [4.69, 9.17) is 4.42 Å². The molecular formula is C15H17BrFNO. The molecule has 1 unspecified atom stereocenters. The van der Waals surface area contributed by atoms with Crippen LogP contribution in [0.3, 0.4) is 0 Å². The molecule has 0 amide bonds. The van der Waals surface area contributed by atoms with E-state index >= 15 is 0 Å². The molecule has 4 heteroatoms. The van der Waals surface area contributed by atoms with E-state index in [0.717, 1.165) is 30.6 Å². The first kappa shape index (κ1) is 14.3. The van der Waals surface area contributed by atoms with Crippen LogP contribution in [0.4, 0.5) is 4.39 Å². The number of rotatable bonds is 6. The van der Waals surface area contributed by atoms with E-state index in [1.54, 1.807) is 6.26 Å². The molecule has 1 aromatic heterocycles. The van der Waals surface area contributed by atoms with Gasteiger partial charge in [-0.1, -0.05) is 6.07 Å². The maximum atomic E-state index is 13.2. The summed E-state index contributed by atoms with van der Waals surface area (Å²) in [5, 5.41) is 3.30. The van der Waals surface area contributed by atoms with Crippen LogP contribution < -0.4 is 5.32 Å². The first-order valence-electron chi connectivity index (χ1n) is 6.32. The zero-order chi connectivity index (χ0) is 13.7. The second-order valence-corrected chi connectivity index (χ2v) is 5.41. The molecule has 0 radical (unpaired) electrons. The van der Waals surface area contributed by atoms with E-state index in [2.05, 4.69) is 21.2 Å². The summed E-state index contributed by atoms with van der Waals surface area (Å²) in [5.41, 5.74) is 1.12. The topological polar surface area (TPSA) is 25.2 Å². The van der Waals surface area contributed by atoms with Crippen molar-refractivity contribution < 1.29 is 8.81 Å². The SMILES string of the molecule is CNC(CCc1ccco1)Cc1ccc(F)c(Br)c1. The van der Waals surface area contributed by atoms with Gasteiger partial charge < -0.3 is 9.73 Å². The van der Waals surface area contributed by atoms with Gasteiger partial charge in [-0.2, -0.15) is 0 Å². The van der Waals surface area contributed by atoms with Crippen LogP contribution in [0.15, 0.2) is 45.5 Å². The summed E-state index contributed by atoms with van der Waals surface area (Å²) in [5.74, 6) is 0.779. The molecular weight excluding hydrogens is 309 g/mol. The Morgan fingerprint density at radius 1 is 1.37 bits per heavy atom. The van der Waals surface area contributed by atoms with Gasteiger partial charge in [0.2, 0.25) is 0 Å². The molecule has 1 N–H and O–H groups in total. The molecule has 2 nitrogen and oxygen atoms in total. The standard InChI is InChI=1S/C15H17BrFNO/c1-18-12(5-6-13-3-2-8-19-13)9-11-4-7-15(17)14(16)10-11/h2-4,7-8,10,12,18H,5-6,9H2,1H3. The van der Waals surface area contributed by atoms with Gasteiger partial charge in [-0.05, 0) is 65.6 Å². The van der Waals surface area contributed by atoms with Crippen molar-refractivity contribution in [3.05, 3.63) is 58.2 Å². The van der Waals surface area contributed by atoms with Gasteiger partial charge in [-0.25, -0.2) is 4.39 Å². The maximum absolute atomic E-state index is 13.2. The van der Waals surface area contributed by atoms with Gasteiger partial charge >= 0.3 is 0 Å². The molecule has 0 fully saturated rings. The van der Waals surface area contributed by atoms with Crippen molar-refractivity contribution in [2.24, 2.45) is 0 Å². The van der Waals surface area contributed by atoms with Crippen LogP contribution in [0.5, 0.6) is 0 Å². The van der Waals surface area contributed by atoms with E-state index < -0.39 is 0 Å². The monoisotopic (exact) mass is 325 g/mol. The Morgan fingerprint density at radius 3 is 2.84 bits per heavy atom. The molecule has 2 aromatic rings. The van der Waals surface area contributed by atoms with Crippen LogP contribution in [0.25, 0.3) is 0 Å². The molecule has 1 aromatic carbocycles. The Labute approximate surface area is 121 Å². The number of hydrogen-bond donors (Lipinski definition) is 1. The molecule has 0 aliphatic carbocycles. The molecule has 0 aliphatic heterocycles. The minimum Gasteiger partial charge on any atom is -0.469 e. The summed E-state index contributed by atoms with van der Waals surface area (Å²) in [6, 6.07) is 9.41. The van der Waals surface area contributed by atoms with Crippen molar-refractivity contribution in [2.75, 3.05) is 7.05 Å². The highest BCUT2D eigenvalue weighted by molar-refractivity contribution is 9.10. The fourth-order valence-corrected chi connectivity index (χ4v) is 2.50. The number of nitrogens with one attached hydrogen (secondary N) is 1. The number of halogens is 2. The summed E-state index contributed by atoms with van der Waals surface area (Å²) < 4.78 is 19.0. The maximum Gasteiger partial charge on any atom is 0.137 e. The molecule has 0 saturated carbocycles. The van der Waals surface area contributed by atoms with Crippen LogP contribution in [-0.4, -0.2) is 13.1 Å². The van der Waals surface area contributed by atoms with Gasteiger partial charge in [0, 0.05) is 12.5 Å². The Morgan fingerprint density at radius 2 is 2.21 bits per heavy atom. The second-order valence-electron chi connectivity index (χ2n) is 4.56. The average molecular weight is 326 g/mol. The molecule has 0 aliphatic rings. The van der Waals surface area contributed by atoms with Gasteiger partial charge in [-0.15, -0.1) is 0 Å². The lowest BCUT2D eigenvalue weighted by Crippen LogP contribution is -2.28. The molecule has 1 atom stereocenters. The molecule has 102 valence electrons. The van der Waals surface area contributed by atoms with E-state index in [9.17, 15) is 4.39 Å². The lowest BCUT2D eigenvalue weighted by molar-refractivity contribution is 0.460. The third-order valence-corrected chi connectivity index (χ3v) is 3.80. The van der Waals surface area contributed by atoms with Gasteiger partial charge in [0.15, 0.2) is 0 Å². The summed E-state index contributed by atoms with van der Waals surface area (Å²) in [7, 11) is 1.95. The summed E-state index contributed by atoms with van der Waals surface area (Å²) in [4.78, 5) is 0. The van der Waals surface area contributed by atoms with Gasteiger partial charge in [-0.3, -0.25) is 0 Å². The third-order valence-electron chi connectivity index (χ3n) is 3.19. The Kier molecular flexibility index (Phi) is 5.16. The molecule has 0 spiro atoms. The fraction of sp³-hybridized carbons (Fsp3) is 0.333. The smallest absolute Gasteiger partial charge is 0.137 e. The zero-order valence-corrected chi connectivity index (χ0v) is 12.4. The predicted octanol–water partition coefficient (Wildman–Crippen LogP) is 3.94. The summed E-state index contributed by atoms with van der Waals surface area (Å²) in [6.45, 7) is 0. The highest BCUT2D eigenvalue weighted by atomic mass is 79.9. The van der Waals surface area contributed by atoms with E-state index in [1.165, 1.54) is 6.07 Å². The van der Waals surface area contributed by atoms with Crippen molar-refractivity contribution in [2.45, 2.75) is 25.3 Å². The Hall–Kier alpha value is -1.13. The molecule has 19 heavy (non-hydrogen) atoms. The van der Waals surface area contributed by atoms with Crippen LogP contribution in [-0.2, 0) is 12.8 Å². The Balaban J connectivity index is 1.92. The number of likely N-dealkylation sites (N-methyl/N-ethyl adjacent to an activating group) is 1. The van der Waals surface area contributed by atoms with Crippen LogP contribution in [0, 0.1) is 5.82 Å². The van der Waals surface area contributed by atoms with Crippen LogP contribution in [0.2, 0.25) is 0 Å². The van der Waals surface area contributed by atoms with E-state index in [-0.39, 0.29) is 5.82 Å². The normalized spacial score (nSPS) is 12.6.